The van der Waals surface area contributed by atoms with Crippen molar-refractivity contribution in [2.75, 3.05) is 6.61 Å². The maximum Gasteiger partial charge on any atom is 0.302 e. The standard InChI is InChI=1S/C6H9NO4/c1-3(8)10-2-4-5(11-4)6(7)9/h4-5H,2H2,1H3,(H2,7,9). The van der Waals surface area contributed by atoms with Crippen molar-refractivity contribution in [2.24, 2.45) is 5.73 Å². The van der Waals surface area contributed by atoms with Gasteiger partial charge in [-0.15, -0.1) is 0 Å². The summed E-state index contributed by atoms with van der Waals surface area (Å²) in [5.41, 5.74) is 4.89. The number of hydrogen-bond acceptors (Lipinski definition) is 4. The minimum atomic E-state index is -0.561. The number of ether oxygens (including phenoxy) is 2. The first-order valence-electron chi connectivity index (χ1n) is 3.19. The predicted octanol–water partition coefficient (Wildman–Crippen LogP) is -1.20. The Morgan fingerprint density at radius 3 is 2.64 bits per heavy atom. The average molecular weight is 159 g/mol. The summed E-state index contributed by atoms with van der Waals surface area (Å²) in [5.74, 6) is -0.897. The number of esters is 1. The highest BCUT2D eigenvalue weighted by Gasteiger charge is 2.44. The van der Waals surface area contributed by atoms with E-state index in [9.17, 15) is 9.59 Å². The number of nitrogens with two attached hydrogens (primary N) is 1. The van der Waals surface area contributed by atoms with Gasteiger partial charge < -0.3 is 15.2 Å². The molecule has 1 heterocycles. The topological polar surface area (TPSA) is 81.9 Å². The van der Waals surface area contributed by atoms with Gasteiger partial charge in [-0.05, 0) is 0 Å². The smallest absolute Gasteiger partial charge is 0.302 e. The van der Waals surface area contributed by atoms with Gasteiger partial charge in [-0.25, -0.2) is 0 Å². The van der Waals surface area contributed by atoms with Gasteiger partial charge in [0.2, 0.25) is 5.91 Å². The number of epoxide rings is 1. The SMILES string of the molecule is CC(=O)OCC1OC1C(N)=O. The average Bonchev–Trinajstić information content (AvgIpc) is 2.61. The molecule has 0 aromatic rings. The van der Waals surface area contributed by atoms with Crippen LogP contribution in [0.4, 0.5) is 0 Å². The first-order chi connectivity index (χ1) is 5.11. The van der Waals surface area contributed by atoms with Gasteiger partial charge in [0.25, 0.3) is 0 Å². The third-order valence-corrected chi connectivity index (χ3v) is 1.31. The number of carbonyl (C=O) groups excluding carboxylic acids is 2. The zero-order valence-electron chi connectivity index (χ0n) is 6.07. The molecule has 0 aromatic heterocycles. The summed E-state index contributed by atoms with van der Waals surface area (Å²) in [4.78, 5) is 20.6. The van der Waals surface area contributed by atoms with Gasteiger partial charge >= 0.3 is 5.97 Å². The Bertz CT molecular complexity index is 191. The summed E-state index contributed by atoms with van der Waals surface area (Å²) in [6, 6.07) is 0. The van der Waals surface area contributed by atoms with Crippen LogP contribution < -0.4 is 5.73 Å². The van der Waals surface area contributed by atoms with Crippen molar-refractivity contribution in [3.8, 4) is 0 Å². The van der Waals surface area contributed by atoms with Gasteiger partial charge in [-0.2, -0.15) is 0 Å². The van der Waals surface area contributed by atoms with Crippen LogP contribution in [0.25, 0.3) is 0 Å². The van der Waals surface area contributed by atoms with Gasteiger partial charge in [-0.1, -0.05) is 0 Å². The van der Waals surface area contributed by atoms with E-state index in [1.54, 1.807) is 0 Å². The Kier molecular flexibility index (Phi) is 2.09. The Balaban J connectivity index is 2.14. The molecule has 62 valence electrons. The molecule has 1 rings (SSSR count). The van der Waals surface area contributed by atoms with Crippen LogP contribution in [-0.2, 0) is 19.1 Å². The summed E-state index contributed by atoms with van der Waals surface area (Å²) >= 11 is 0. The number of rotatable bonds is 3. The van der Waals surface area contributed by atoms with Crippen molar-refractivity contribution in [3.05, 3.63) is 0 Å². The van der Waals surface area contributed by atoms with Gasteiger partial charge in [0.1, 0.15) is 12.7 Å². The van der Waals surface area contributed by atoms with E-state index >= 15 is 0 Å². The van der Waals surface area contributed by atoms with Crippen LogP contribution in [0.3, 0.4) is 0 Å². The van der Waals surface area contributed by atoms with Gasteiger partial charge in [0.15, 0.2) is 6.10 Å². The van der Waals surface area contributed by atoms with Gasteiger partial charge in [0.05, 0.1) is 0 Å². The first kappa shape index (κ1) is 8.00. The monoisotopic (exact) mass is 159 g/mol. The number of hydrogen-bond donors (Lipinski definition) is 1. The van der Waals surface area contributed by atoms with Crippen LogP contribution in [0.2, 0.25) is 0 Å². The lowest BCUT2D eigenvalue weighted by atomic mass is 10.3. The molecule has 1 fully saturated rings. The van der Waals surface area contributed by atoms with Crippen molar-refractivity contribution >= 4 is 11.9 Å². The lowest BCUT2D eigenvalue weighted by Crippen LogP contribution is -2.21. The lowest BCUT2D eigenvalue weighted by Gasteiger charge is -1.94. The van der Waals surface area contributed by atoms with E-state index in [1.807, 2.05) is 0 Å². The van der Waals surface area contributed by atoms with E-state index < -0.39 is 12.0 Å². The molecule has 2 N–H and O–H groups in total. The molecule has 5 heteroatoms. The Morgan fingerprint density at radius 2 is 2.27 bits per heavy atom. The van der Waals surface area contributed by atoms with Crippen LogP contribution in [-0.4, -0.2) is 30.7 Å². The summed E-state index contributed by atoms with van der Waals surface area (Å²) in [6.07, 6.45) is -0.884. The largest absolute Gasteiger partial charge is 0.463 e. The second-order valence-corrected chi connectivity index (χ2v) is 2.30. The molecule has 11 heavy (non-hydrogen) atoms. The second-order valence-electron chi connectivity index (χ2n) is 2.30. The van der Waals surface area contributed by atoms with Crippen LogP contribution >= 0.6 is 0 Å². The van der Waals surface area contributed by atoms with Gasteiger partial charge in [0, 0.05) is 6.92 Å². The highest BCUT2D eigenvalue weighted by Crippen LogP contribution is 2.21. The van der Waals surface area contributed by atoms with Crippen molar-refractivity contribution in [1.82, 2.24) is 0 Å². The highest BCUT2D eigenvalue weighted by atomic mass is 16.6. The lowest BCUT2D eigenvalue weighted by molar-refractivity contribution is -0.141. The van der Waals surface area contributed by atoms with Crippen LogP contribution in [0.15, 0.2) is 0 Å². The summed E-state index contributed by atoms with van der Waals surface area (Å²) in [5, 5.41) is 0. The molecule has 2 unspecified atom stereocenters. The number of primary amides is 1. The second kappa shape index (κ2) is 2.87. The predicted molar refractivity (Wildman–Crippen MR) is 34.5 cm³/mol. The fourth-order valence-corrected chi connectivity index (χ4v) is 0.719. The molecule has 2 atom stereocenters. The van der Waals surface area contributed by atoms with Gasteiger partial charge in [-0.3, -0.25) is 9.59 Å². The third-order valence-electron chi connectivity index (χ3n) is 1.31. The molecule has 1 aliphatic rings. The first-order valence-corrected chi connectivity index (χ1v) is 3.19. The third kappa shape index (κ3) is 2.19. The number of carbonyl (C=O) groups is 2. The van der Waals surface area contributed by atoms with Crippen molar-refractivity contribution in [1.29, 1.82) is 0 Å². The molecule has 0 spiro atoms. The molecular formula is C6H9NO4. The van der Waals surface area contributed by atoms with E-state index in [2.05, 4.69) is 4.74 Å². The maximum atomic E-state index is 10.4. The maximum absolute atomic E-state index is 10.4. The fourth-order valence-electron chi connectivity index (χ4n) is 0.719. The van der Waals surface area contributed by atoms with E-state index in [0.29, 0.717) is 0 Å². The summed E-state index contributed by atoms with van der Waals surface area (Å²) < 4.78 is 9.35. The van der Waals surface area contributed by atoms with E-state index in [-0.39, 0.29) is 18.7 Å². The molecule has 5 nitrogen and oxygen atoms in total. The molecule has 0 radical (unpaired) electrons. The Hall–Kier alpha value is -1.10. The molecule has 0 bridgehead atoms. The van der Waals surface area contributed by atoms with E-state index in [4.69, 9.17) is 10.5 Å². The normalized spacial score (nSPS) is 27.7. The van der Waals surface area contributed by atoms with Crippen molar-refractivity contribution in [2.45, 2.75) is 19.1 Å². The van der Waals surface area contributed by atoms with Crippen LogP contribution in [0.5, 0.6) is 0 Å². The van der Waals surface area contributed by atoms with E-state index in [1.165, 1.54) is 6.92 Å². The molecular weight excluding hydrogens is 150 g/mol. The van der Waals surface area contributed by atoms with E-state index in [0.717, 1.165) is 0 Å². The molecule has 1 saturated heterocycles. The quantitative estimate of drug-likeness (QED) is 0.414. The zero-order valence-corrected chi connectivity index (χ0v) is 6.07. The zero-order chi connectivity index (χ0) is 8.43. The molecule has 0 saturated carbocycles. The van der Waals surface area contributed by atoms with Crippen LogP contribution in [0, 0.1) is 0 Å². The molecule has 1 aliphatic heterocycles. The summed E-state index contributed by atoms with van der Waals surface area (Å²) in [6.45, 7) is 1.41. The minimum Gasteiger partial charge on any atom is -0.463 e. The Labute approximate surface area is 63.4 Å². The highest BCUT2D eigenvalue weighted by molar-refractivity contribution is 5.81. The molecule has 0 aromatic carbocycles. The number of amides is 1. The van der Waals surface area contributed by atoms with Crippen LogP contribution in [0.1, 0.15) is 6.92 Å². The fraction of sp³-hybridized carbons (Fsp3) is 0.667. The van der Waals surface area contributed by atoms with Crippen molar-refractivity contribution < 1.29 is 19.1 Å². The molecule has 1 amide bonds. The molecule has 0 aliphatic carbocycles. The van der Waals surface area contributed by atoms with Crippen molar-refractivity contribution in [3.63, 3.8) is 0 Å². The summed E-state index contributed by atoms with van der Waals surface area (Å²) in [7, 11) is 0. The Morgan fingerprint density at radius 1 is 1.64 bits per heavy atom. The minimum absolute atomic E-state index is 0.114.